The van der Waals surface area contributed by atoms with Crippen LogP contribution in [0, 0.1) is 0 Å². The van der Waals surface area contributed by atoms with Crippen LogP contribution >= 0.6 is 11.8 Å². The van der Waals surface area contributed by atoms with Gasteiger partial charge in [0, 0.05) is 43.2 Å². The molecule has 1 aromatic heterocycles. The Morgan fingerprint density at radius 2 is 1.78 bits per heavy atom. The SMILES string of the molecule is COc1cc(CN2CCCC(c3ccnc(SCCN4CCCC4)n3)C2)cc(OC)c1O. The van der Waals surface area contributed by atoms with Crippen molar-refractivity contribution in [3.63, 3.8) is 0 Å². The Bertz CT molecular complexity index is 866. The smallest absolute Gasteiger partial charge is 0.200 e. The number of rotatable bonds is 9. The van der Waals surface area contributed by atoms with E-state index in [1.807, 2.05) is 18.3 Å². The molecular weight excluding hydrogens is 424 g/mol. The number of methoxy groups -OCH3 is 2. The van der Waals surface area contributed by atoms with E-state index in [2.05, 4.69) is 20.9 Å². The van der Waals surface area contributed by atoms with Crippen molar-refractivity contribution in [3.05, 3.63) is 35.7 Å². The summed E-state index contributed by atoms with van der Waals surface area (Å²) in [6.07, 6.45) is 6.86. The first-order valence-corrected chi connectivity index (χ1v) is 12.5. The minimum Gasteiger partial charge on any atom is -0.502 e. The molecule has 2 aliphatic rings. The molecule has 8 heteroatoms. The molecule has 0 saturated carbocycles. The first-order chi connectivity index (χ1) is 15.7. The summed E-state index contributed by atoms with van der Waals surface area (Å²) in [5, 5.41) is 11.1. The Hall–Kier alpha value is -2.03. The maximum atomic E-state index is 10.2. The lowest BCUT2D eigenvalue weighted by Gasteiger charge is -2.32. The van der Waals surface area contributed by atoms with Gasteiger partial charge >= 0.3 is 0 Å². The van der Waals surface area contributed by atoms with Crippen molar-refractivity contribution in [3.8, 4) is 17.2 Å². The van der Waals surface area contributed by atoms with Gasteiger partial charge < -0.3 is 19.5 Å². The second-order valence-electron chi connectivity index (χ2n) is 8.58. The molecule has 0 bridgehead atoms. The number of benzene rings is 1. The van der Waals surface area contributed by atoms with E-state index in [9.17, 15) is 5.11 Å². The van der Waals surface area contributed by atoms with Crippen LogP contribution in [-0.4, -0.2) is 77.6 Å². The molecule has 32 heavy (non-hydrogen) atoms. The summed E-state index contributed by atoms with van der Waals surface area (Å²) in [6.45, 7) is 6.38. The van der Waals surface area contributed by atoms with E-state index < -0.39 is 0 Å². The molecular formula is C24H34N4O3S. The van der Waals surface area contributed by atoms with Crippen LogP contribution in [0.4, 0.5) is 0 Å². The van der Waals surface area contributed by atoms with E-state index in [0.29, 0.717) is 17.4 Å². The van der Waals surface area contributed by atoms with Gasteiger partial charge in [0.1, 0.15) is 0 Å². The van der Waals surface area contributed by atoms with Crippen LogP contribution in [0.25, 0.3) is 0 Å². The molecule has 7 nitrogen and oxygen atoms in total. The fourth-order valence-electron chi connectivity index (χ4n) is 4.66. The van der Waals surface area contributed by atoms with Crippen molar-refractivity contribution in [2.24, 2.45) is 0 Å². The summed E-state index contributed by atoms with van der Waals surface area (Å²) in [5.41, 5.74) is 2.22. The summed E-state index contributed by atoms with van der Waals surface area (Å²) in [7, 11) is 3.12. The van der Waals surface area contributed by atoms with Crippen LogP contribution in [0.2, 0.25) is 0 Å². The van der Waals surface area contributed by atoms with Gasteiger partial charge in [-0.25, -0.2) is 9.97 Å². The number of likely N-dealkylation sites (tertiary alicyclic amines) is 2. The second kappa shape index (κ2) is 11.2. The predicted molar refractivity (Wildman–Crippen MR) is 127 cm³/mol. The fraction of sp³-hybridized carbons (Fsp3) is 0.583. The molecule has 1 N–H and O–H groups in total. The van der Waals surface area contributed by atoms with Gasteiger partial charge in [-0.3, -0.25) is 4.90 Å². The third-order valence-electron chi connectivity index (χ3n) is 6.36. The average molecular weight is 459 g/mol. The third-order valence-corrected chi connectivity index (χ3v) is 7.20. The number of phenols is 1. The van der Waals surface area contributed by atoms with Crippen molar-refractivity contribution in [1.82, 2.24) is 19.8 Å². The molecule has 4 rings (SSSR count). The van der Waals surface area contributed by atoms with E-state index in [-0.39, 0.29) is 5.75 Å². The third kappa shape index (κ3) is 5.85. The lowest BCUT2D eigenvalue weighted by Crippen LogP contribution is -2.34. The largest absolute Gasteiger partial charge is 0.502 e. The van der Waals surface area contributed by atoms with Crippen LogP contribution in [0.1, 0.15) is 42.9 Å². The Labute approximate surface area is 195 Å². The second-order valence-corrected chi connectivity index (χ2v) is 9.65. The van der Waals surface area contributed by atoms with Gasteiger partial charge in [0.2, 0.25) is 5.75 Å². The maximum absolute atomic E-state index is 10.2. The highest BCUT2D eigenvalue weighted by Crippen LogP contribution is 2.38. The van der Waals surface area contributed by atoms with Gasteiger partial charge in [-0.2, -0.15) is 0 Å². The molecule has 1 atom stereocenters. The number of piperidine rings is 1. The molecule has 0 aliphatic carbocycles. The Balaban J connectivity index is 1.36. The van der Waals surface area contributed by atoms with Crippen molar-refractivity contribution in [2.75, 3.05) is 52.7 Å². The zero-order chi connectivity index (χ0) is 22.3. The zero-order valence-corrected chi connectivity index (χ0v) is 19.9. The maximum Gasteiger partial charge on any atom is 0.200 e. The first-order valence-electron chi connectivity index (χ1n) is 11.5. The first kappa shape index (κ1) is 23.1. The molecule has 174 valence electrons. The lowest BCUT2D eigenvalue weighted by atomic mass is 9.94. The highest BCUT2D eigenvalue weighted by Gasteiger charge is 2.24. The van der Waals surface area contributed by atoms with Crippen molar-refractivity contribution in [2.45, 2.75) is 43.3 Å². The van der Waals surface area contributed by atoms with Gasteiger partial charge in [-0.1, -0.05) is 11.8 Å². The van der Waals surface area contributed by atoms with Gasteiger partial charge in [0.15, 0.2) is 16.7 Å². The number of aromatic hydroxyl groups is 1. The number of hydrogen-bond acceptors (Lipinski definition) is 8. The molecule has 2 aromatic rings. The Kier molecular flexibility index (Phi) is 8.10. The standard InChI is InChI=1S/C24H34N4O3S/c1-30-21-14-18(15-22(31-2)23(21)29)16-28-11-5-6-19(17-28)20-7-8-25-24(26-20)32-13-12-27-9-3-4-10-27/h7-8,14-15,19,29H,3-6,9-13,16-17H2,1-2H3. The zero-order valence-electron chi connectivity index (χ0n) is 19.1. The van der Waals surface area contributed by atoms with Crippen molar-refractivity contribution < 1.29 is 14.6 Å². The quantitative estimate of drug-likeness (QED) is 0.450. The number of nitrogens with zero attached hydrogens (tertiary/aromatic N) is 4. The topological polar surface area (TPSA) is 71.0 Å². The number of phenolic OH excluding ortho intramolecular Hbond substituents is 1. The summed E-state index contributed by atoms with van der Waals surface area (Å²) >= 11 is 1.77. The van der Waals surface area contributed by atoms with Gasteiger partial charge in [-0.15, -0.1) is 0 Å². The molecule has 3 heterocycles. The minimum atomic E-state index is 0.0472. The van der Waals surface area contributed by atoms with Crippen LogP contribution in [0.5, 0.6) is 17.2 Å². The predicted octanol–water partition coefficient (Wildman–Crippen LogP) is 3.77. The van der Waals surface area contributed by atoms with Crippen molar-refractivity contribution in [1.29, 1.82) is 0 Å². The fourth-order valence-corrected chi connectivity index (χ4v) is 5.50. The number of ether oxygens (including phenoxy) is 2. The van der Waals surface area contributed by atoms with E-state index in [1.165, 1.54) is 25.9 Å². The normalized spacial score (nSPS) is 19.9. The molecule has 2 fully saturated rings. The lowest BCUT2D eigenvalue weighted by molar-refractivity contribution is 0.197. The number of aromatic nitrogens is 2. The van der Waals surface area contributed by atoms with Gasteiger partial charge in [0.05, 0.1) is 14.2 Å². The number of thioether (sulfide) groups is 1. The summed E-state index contributed by atoms with van der Waals surface area (Å²) < 4.78 is 10.6. The molecule has 0 radical (unpaired) electrons. The Morgan fingerprint density at radius 3 is 2.50 bits per heavy atom. The number of hydrogen-bond donors (Lipinski definition) is 1. The highest BCUT2D eigenvalue weighted by atomic mass is 32.2. The van der Waals surface area contributed by atoms with Crippen LogP contribution in [-0.2, 0) is 6.54 Å². The van der Waals surface area contributed by atoms with Crippen molar-refractivity contribution >= 4 is 11.8 Å². The molecule has 1 unspecified atom stereocenters. The molecule has 0 spiro atoms. The molecule has 2 saturated heterocycles. The van der Waals surface area contributed by atoms with Gasteiger partial charge in [0.25, 0.3) is 0 Å². The van der Waals surface area contributed by atoms with Gasteiger partial charge in [-0.05, 0) is 69.1 Å². The summed E-state index contributed by atoms with van der Waals surface area (Å²) in [4.78, 5) is 14.4. The van der Waals surface area contributed by atoms with Crippen LogP contribution < -0.4 is 9.47 Å². The molecule has 1 aromatic carbocycles. The van der Waals surface area contributed by atoms with E-state index in [4.69, 9.17) is 14.5 Å². The monoisotopic (exact) mass is 458 g/mol. The Morgan fingerprint density at radius 1 is 1.06 bits per heavy atom. The average Bonchev–Trinajstić information content (AvgIpc) is 3.34. The van der Waals surface area contributed by atoms with Crippen LogP contribution in [0.3, 0.4) is 0 Å². The summed E-state index contributed by atoms with van der Waals surface area (Å²) in [5.74, 6) is 2.39. The molecule has 0 amide bonds. The molecule has 2 aliphatic heterocycles. The minimum absolute atomic E-state index is 0.0472. The van der Waals surface area contributed by atoms with E-state index in [0.717, 1.165) is 61.2 Å². The van der Waals surface area contributed by atoms with E-state index in [1.54, 1.807) is 26.0 Å². The highest BCUT2D eigenvalue weighted by molar-refractivity contribution is 7.99. The van der Waals surface area contributed by atoms with E-state index >= 15 is 0 Å². The van der Waals surface area contributed by atoms with Crippen LogP contribution in [0.15, 0.2) is 29.6 Å². The summed E-state index contributed by atoms with van der Waals surface area (Å²) in [6, 6.07) is 5.86.